The van der Waals surface area contributed by atoms with Gasteiger partial charge in [-0.05, 0) is 212 Å². The molecule has 3 heterocycles. The van der Waals surface area contributed by atoms with E-state index in [0.29, 0.717) is 114 Å². The Hall–Kier alpha value is -10.4. The number of nitrogens with two attached hydrogens (primary N) is 1. The topological polar surface area (TPSA) is 318 Å². The predicted octanol–water partition coefficient (Wildman–Crippen LogP) is 20.2. The van der Waals surface area contributed by atoms with Crippen LogP contribution in [0.3, 0.4) is 0 Å². The number of benzene rings is 9. The number of halogens is 5. The molecule has 12 aromatic rings. The summed E-state index contributed by atoms with van der Waals surface area (Å²) in [6.45, 7) is 4.06. The van der Waals surface area contributed by atoms with Crippen molar-refractivity contribution in [1.29, 1.82) is 0 Å². The molecule has 5 N–H and O–H groups in total. The van der Waals surface area contributed by atoms with Crippen molar-refractivity contribution in [2.45, 2.75) is 72.4 Å². The maximum absolute atomic E-state index is 12.1. The summed E-state index contributed by atoms with van der Waals surface area (Å²) >= 11 is 23.3. The van der Waals surface area contributed by atoms with Gasteiger partial charge in [-0.3, -0.25) is 14.4 Å². The number of nitrogens with zero attached hydrogens (tertiary/aromatic N) is 6. The van der Waals surface area contributed by atoms with E-state index in [4.69, 9.17) is 104 Å². The molecular formula is C78H73Cl5N7O15Pd-. The number of hydrogen-bond donors (Lipinski definition) is 4. The van der Waals surface area contributed by atoms with E-state index in [0.717, 1.165) is 22.3 Å². The summed E-state index contributed by atoms with van der Waals surface area (Å²) in [6.07, 6.45) is 1.31. The molecule has 556 valence electrons. The minimum absolute atomic E-state index is 0. The van der Waals surface area contributed by atoms with Crippen LogP contribution in [-0.4, -0.2) is 75.8 Å². The van der Waals surface area contributed by atoms with Gasteiger partial charge >= 0.3 is 23.9 Å². The van der Waals surface area contributed by atoms with E-state index in [1.165, 1.54) is 12.1 Å². The molecule has 0 amide bonds. The molecule has 3 aromatic heterocycles. The molecule has 22 nitrogen and oxygen atoms in total. The van der Waals surface area contributed by atoms with Crippen LogP contribution in [0.4, 0.5) is 0 Å². The molecule has 0 aliphatic rings. The predicted molar refractivity (Wildman–Crippen MR) is 402 cm³/mol. The van der Waals surface area contributed by atoms with Gasteiger partial charge in [-0.15, -0.1) is 43.0 Å². The van der Waals surface area contributed by atoms with Gasteiger partial charge in [0.15, 0.2) is 0 Å². The Morgan fingerprint density at radius 2 is 0.689 bits per heavy atom. The first kappa shape index (κ1) is 86.2. The van der Waals surface area contributed by atoms with E-state index in [-0.39, 0.29) is 103 Å². The van der Waals surface area contributed by atoms with Crippen molar-refractivity contribution in [1.82, 2.24) is 30.6 Å². The SMILES string of the molecule is C.C[C@@H](CC(=O)O)Cc1nnc(-c2ccc(Oc3ccc(Cl)cc3)cc2)o1.C[C@@H](CC(=O)OCc1ccccc1)Cc1nnc(-c2ccc(Oc3ccc(Cl)cc3)cc2)o1.Cl.N[C@@H](CC(=O)O)Cc1nnc(-c2ccc(Oc3ccc(Cl)cc3)cc2)o1.O=C(O)c1ccc(Oc2ccc(Cl)cc2)cc1.[CH3-].[Pd]. The van der Waals surface area contributed by atoms with E-state index >= 15 is 0 Å². The average Bonchev–Trinajstić information content (AvgIpc) is 1.78. The molecule has 0 radical (unpaired) electrons. The van der Waals surface area contributed by atoms with Crippen LogP contribution in [-0.2, 0) is 65.4 Å². The Kier molecular flexibility index (Phi) is 35.6. The molecular weight excluding hydrogens is 1560 g/mol. The van der Waals surface area contributed by atoms with Crippen molar-refractivity contribution in [3.8, 4) is 80.4 Å². The fourth-order valence-corrected chi connectivity index (χ4v) is 9.72. The van der Waals surface area contributed by atoms with Crippen LogP contribution in [0.25, 0.3) is 34.4 Å². The van der Waals surface area contributed by atoms with E-state index < -0.39 is 23.9 Å². The van der Waals surface area contributed by atoms with Crippen molar-refractivity contribution < 1.29 is 91.9 Å². The number of carbonyl (C=O) groups is 4. The number of ether oxygens (including phenoxy) is 5. The van der Waals surface area contributed by atoms with Gasteiger partial charge in [0, 0.05) is 95.3 Å². The molecule has 3 atom stereocenters. The van der Waals surface area contributed by atoms with E-state index in [1.54, 1.807) is 146 Å². The third-order valence-corrected chi connectivity index (χ3v) is 15.2. The minimum Gasteiger partial charge on any atom is -0.481 e. The first-order valence-corrected chi connectivity index (χ1v) is 32.9. The number of aromatic carboxylic acids is 1. The quantitative estimate of drug-likeness (QED) is 0.0222. The fourth-order valence-electron chi connectivity index (χ4n) is 9.22. The molecule has 0 aliphatic carbocycles. The maximum atomic E-state index is 12.1. The van der Waals surface area contributed by atoms with Crippen molar-refractivity contribution in [3.05, 3.63) is 281 Å². The van der Waals surface area contributed by atoms with Gasteiger partial charge < -0.3 is 65.4 Å². The third-order valence-electron chi connectivity index (χ3n) is 14.2. The van der Waals surface area contributed by atoms with Crippen LogP contribution in [0, 0.1) is 19.3 Å². The Balaban J connectivity index is 0.000000256. The summed E-state index contributed by atoms with van der Waals surface area (Å²) in [5, 5.41) is 53.0. The number of carboxylic acids is 3. The molecule has 0 bridgehead atoms. The summed E-state index contributed by atoms with van der Waals surface area (Å²) < 4.78 is 45.1. The van der Waals surface area contributed by atoms with Crippen molar-refractivity contribution in [3.63, 3.8) is 0 Å². The second-order valence-corrected chi connectivity index (χ2v) is 24.5. The van der Waals surface area contributed by atoms with Gasteiger partial charge in [0.2, 0.25) is 35.3 Å². The number of carbonyl (C=O) groups excluding carboxylic acids is 1. The van der Waals surface area contributed by atoms with Crippen LogP contribution in [0.2, 0.25) is 20.1 Å². The normalized spacial score (nSPS) is 11.1. The number of carboxylic acid groups (broad SMARTS) is 3. The molecule has 0 aliphatic heterocycles. The van der Waals surface area contributed by atoms with Crippen molar-refractivity contribution in [2.24, 2.45) is 17.6 Å². The summed E-state index contributed by atoms with van der Waals surface area (Å²) in [5.41, 5.74) is 9.18. The fraction of sp³-hybridized carbons (Fsp3) is 0.167. The molecule has 9 aromatic carbocycles. The first-order chi connectivity index (χ1) is 49.2. The Bertz CT molecular complexity index is 4470. The van der Waals surface area contributed by atoms with Crippen molar-refractivity contribution in [2.75, 3.05) is 0 Å². The van der Waals surface area contributed by atoms with E-state index in [9.17, 15) is 19.2 Å². The third kappa shape index (κ3) is 29.2. The zero-order valence-electron chi connectivity index (χ0n) is 56.3. The molecule has 28 heteroatoms. The maximum Gasteiger partial charge on any atom is 0.335 e. The monoisotopic (exact) mass is 1630 g/mol. The average molecular weight is 1630 g/mol. The van der Waals surface area contributed by atoms with Crippen LogP contribution >= 0.6 is 58.8 Å². The summed E-state index contributed by atoms with van der Waals surface area (Å²) in [5.74, 6) is 4.58. The molecule has 0 saturated heterocycles. The second-order valence-electron chi connectivity index (χ2n) is 22.8. The van der Waals surface area contributed by atoms with Crippen LogP contribution in [0.15, 0.2) is 238 Å². The Morgan fingerprint density at radius 3 is 0.991 bits per heavy atom. The van der Waals surface area contributed by atoms with Gasteiger partial charge in [0.1, 0.15) is 52.6 Å². The summed E-state index contributed by atoms with van der Waals surface area (Å²) in [6, 6.07) is 65.3. The minimum atomic E-state index is -0.964. The molecule has 0 fully saturated rings. The van der Waals surface area contributed by atoms with Gasteiger partial charge in [0.25, 0.3) is 0 Å². The smallest absolute Gasteiger partial charge is 0.335 e. The summed E-state index contributed by atoms with van der Waals surface area (Å²) in [7, 11) is 0. The first-order valence-electron chi connectivity index (χ1n) is 31.4. The molecule has 12 rings (SSSR count). The number of rotatable bonds is 26. The molecule has 0 unspecified atom stereocenters. The standard InChI is InChI=1S/C26H23ClN2O4.C19H17ClN2O4.C18H16ClN3O4.C13H9ClO3.CH4.CH3.ClH.Pd/c1-18(16-25(30)31-17-19-5-3-2-4-6-19)15-24-28-29-26(33-24)20-7-11-22(12-8-20)32-23-13-9-21(27)10-14-23;1-12(11-18(23)24)10-17-21-22-19(26-17)13-2-6-15(7-3-13)25-16-8-4-14(20)5-9-16;19-12-3-7-15(8-4-12)25-14-5-1-11(2-6-14)18-22-21-16(26-18)9-13(20)10-17(23)24;14-10-3-7-12(8-4-10)17-11-5-1-9(2-6-11)13(15)16;;;;/h2-14,18H,15-17H2,1H3;2-9,12H,10-11H2,1H3,(H,23,24);1-8,13H,9-10,20H2,(H,23,24);1-8H,(H,15,16);1H4;1H3;1H;/q;;;;;-1;;/t18-;12-;13-;;;;;/m111...../s1. The molecule has 0 saturated carbocycles. The van der Waals surface area contributed by atoms with Crippen LogP contribution in [0.1, 0.15) is 74.1 Å². The van der Waals surface area contributed by atoms with Gasteiger partial charge in [-0.2, -0.15) is 0 Å². The molecule has 0 spiro atoms. The van der Waals surface area contributed by atoms with Gasteiger partial charge in [-0.1, -0.05) is 98.0 Å². The number of aromatic nitrogens is 6. The van der Waals surface area contributed by atoms with Crippen LogP contribution < -0.4 is 24.7 Å². The Morgan fingerprint density at radius 1 is 0.406 bits per heavy atom. The molecule has 106 heavy (non-hydrogen) atoms. The zero-order valence-corrected chi connectivity index (χ0v) is 61.7. The number of esters is 1. The Labute approximate surface area is 651 Å². The van der Waals surface area contributed by atoms with Crippen molar-refractivity contribution >= 4 is 82.7 Å². The largest absolute Gasteiger partial charge is 0.481 e. The number of aliphatic carboxylic acids is 2. The van der Waals surface area contributed by atoms with Gasteiger partial charge in [0.05, 0.1) is 12.0 Å². The number of hydrogen-bond acceptors (Lipinski definition) is 19. The van der Waals surface area contributed by atoms with Gasteiger partial charge in [-0.25, -0.2) is 4.79 Å². The summed E-state index contributed by atoms with van der Waals surface area (Å²) in [4.78, 5) is 44.1. The second kappa shape index (κ2) is 43.7. The van der Waals surface area contributed by atoms with E-state index in [2.05, 4.69) is 30.6 Å². The van der Waals surface area contributed by atoms with E-state index in [1.807, 2.05) is 80.6 Å². The van der Waals surface area contributed by atoms with Crippen LogP contribution in [0.5, 0.6) is 46.0 Å². The zero-order chi connectivity index (χ0) is 72.3.